The molecule has 37 heavy (non-hydrogen) atoms. The maximum absolute atomic E-state index is 6.32. The number of furan rings is 1. The van der Waals surface area contributed by atoms with Crippen molar-refractivity contribution in [2.75, 3.05) is 5.01 Å². The van der Waals surface area contributed by atoms with Gasteiger partial charge in [0.05, 0.1) is 23.1 Å². The van der Waals surface area contributed by atoms with Crippen molar-refractivity contribution in [2.24, 2.45) is 5.10 Å². The fraction of sp³-hybridized carbons (Fsp3) is 0.0625. The lowest BCUT2D eigenvalue weighted by molar-refractivity contribution is 0.623. The fourth-order valence-corrected chi connectivity index (χ4v) is 5.01. The summed E-state index contributed by atoms with van der Waals surface area (Å²) in [6.45, 7) is 0. The molecule has 0 bridgehead atoms. The number of aromatic nitrogens is 2. The Morgan fingerprint density at radius 1 is 0.703 bits per heavy atom. The van der Waals surface area contributed by atoms with E-state index in [-0.39, 0.29) is 6.04 Å². The lowest BCUT2D eigenvalue weighted by Gasteiger charge is -2.23. The van der Waals surface area contributed by atoms with Gasteiger partial charge in [-0.05, 0) is 42.0 Å². The quantitative estimate of drug-likeness (QED) is 0.255. The number of hydrazone groups is 1. The Hall–Kier alpha value is -4.90. The van der Waals surface area contributed by atoms with Crippen LogP contribution in [-0.2, 0) is 0 Å². The number of anilines is 1. The van der Waals surface area contributed by atoms with Gasteiger partial charge >= 0.3 is 0 Å². The molecule has 7 rings (SSSR count). The van der Waals surface area contributed by atoms with Crippen molar-refractivity contribution in [1.82, 2.24) is 9.78 Å². The van der Waals surface area contributed by atoms with E-state index >= 15 is 0 Å². The van der Waals surface area contributed by atoms with E-state index in [0.29, 0.717) is 0 Å². The SMILES string of the molecule is c1ccc(C2=NN(c3ccccc3)C(c3cn(-c4ccccc4)nc3-c3cc4ccccc4o3)C2)cc1. The molecule has 0 radical (unpaired) electrons. The summed E-state index contributed by atoms with van der Waals surface area (Å²) in [6.07, 6.45) is 2.88. The number of benzene rings is 4. The Balaban J connectivity index is 1.40. The maximum Gasteiger partial charge on any atom is 0.156 e. The summed E-state index contributed by atoms with van der Waals surface area (Å²) < 4.78 is 8.27. The van der Waals surface area contributed by atoms with Gasteiger partial charge in [0.15, 0.2) is 5.76 Å². The van der Waals surface area contributed by atoms with Crippen molar-refractivity contribution in [2.45, 2.75) is 12.5 Å². The molecule has 4 aromatic carbocycles. The Kier molecular flexibility index (Phi) is 5.18. The van der Waals surface area contributed by atoms with E-state index in [4.69, 9.17) is 14.6 Å². The number of fused-ring (bicyclic) bond motifs is 1. The second kappa shape index (κ2) is 8.95. The highest BCUT2D eigenvalue weighted by Crippen LogP contribution is 2.41. The normalized spacial score (nSPS) is 15.3. The smallest absolute Gasteiger partial charge is 0.156 e. The van der Waals surface area contributed by atoms with Crippen molar-refractivity contribution < 1.29 is 4.42 Å². The molecular formula is C32H24N4O. The van der Waals surface area contributed by atoms with E-state index in [9.17, 15) is 0 Å². The molecular weight excluding hydrogens is 456 g/mol. The van der Waals surface area contributed by atoms with E-state index in [1.807, 2.05) is 53.2 Å². The zero-order chi connectivity index (χ0) is 24.6. The zero-order valence-electron chi connectivity index (χ0n) is 20.1. The van der Waals surface area contributed by atoms with Gasteiger partial charge in [-0.25, -0.2) is 4.68 Å². The first-order valence-electron chi connectivity index (χ1n) is 12.4. The molecule has 0 fully saturated rings. The third-order valence-electron chi connectivity index (χ3n) is 6.82. The Morgan fingerprint density at radius 3 is 2.08 bits per heavy atom. The van der Waals surface area contributed by atoms with Gasteiger partial charge in [0.2, 0.25) is 0 Å². The van der Waals surface area contributed by atoms with Crippen molar-refractivity contribution in [1.29, 1.82) is 0 Å². The van der Waals surface area contributed by atoms with Crippen LogP contribution in [0.15, 0.2) is 137 Å². The molecule has 1 aliphatic rings. The number of hydrogen-bond donors (Lipinski definition) is 0. The molecule has 1 aliphatic heterocycles. The molecule has 5 heteroatoms. The number of para-hydroxylation sites is 3. The van der Waals surface area contributed by atoms with E-state index in [0.717, 1.165) is 57.1 Å². The van der Waals surface area contributed by atoms with Crippen LogP contribution in [0.25, 0.3) is 28.1 Å². The lowest BCUT2D eigenvalue weighted by Crippen LogP contribution is -2.18. The summed E-state index contributed by atoms with van der Waals surface area (Å²) in [7, 11) is 0. The second-order valence-corrected chi connectivity index (χ2v) is 9.17. The van der Waals surface area contributed by atoms with Crippen LogP contribution in [0.4, 0.5) is 5.69 Å². The standard InChI is InChI=1S/C32H24N4O/c1-4-12-23(13-5-1)28-21-29(36(33-28)26-17-8-3-9-18-26)27-22-35(25-15-6-2-7-16-25)34-32(27)31-20-24-14-10-11-19-30(24)37-31/h1-20,22,29H,21H2. The van der Waals surface area contributed by atoms with E-state index < -0.39 is 0 Å². The summed E-state index contributed by atoms with van der Waals surface area (Å²) in [4.78, 5) is 0. The summed E-state index contributed by atoms with van der Waals surface area (Å²) >= 11 is 0. The molecule has 0 saturated heterocycles. The van der Waals surface area contributed by atoms with Crippen molar-refractivity contribution >= 4 is 22.4 Å². The highest BCUT2D eigenvalue weighted by atomic mass is 16.3. The molecule has 0 spiro atoms. The zero-order valence-corrected chi connectivity index (χ0v) is 20.1. The van der Waals surface area contributed by atoms with E-state index in [1.54, 1.807) is 0 Å². The van der Waals surface area contributed by atoms with Crippen molar-refractivity contribution in [3.63, 3.8) is 0 Å². The van der Waals surface area contributed by atoms with Crippen LogP contribution in [0, 0.1) is 0 Å². The van der Waals surface area contributed by atoms with Crippen molar-refractivity contribution in [3.05, 3.63) is 139 Å². The first-order valence-corrected chi connectivity index (χ1v) is 12.4. The first kappa shape index (κ1) is 21.4. The van der Waals surface area contributed by atoms with Crippen LogP contribution in [0.5, 0.6) is 0 Å². The maximum atomic E-state index is 6.32. The first-order chi connectivity index (χ1) is 18.3. The molecule has 0 saturated carbocycles. The van der Waals surface area contributed by atoms with Crippen molar-refractivity contribution in [3.8, 4) is 17.1 Å². The summed E-state index contributed by atoms with van der Waals surface area (Å²) in [6, 6.07) is 41.1. The molecule has 3 heterocycles. The molecule has 1 unspecified atom stereocenters. The van der Waals surface area contributed by atoms with Crippen LogP contribution in [0.2, 0.25) is 0 Å². The second-order valence-electron chi connectivity index (χ2n) is 9.17. The van der Waals surface area contributed by atoms with Crippen LogP contribution in [-0.4, -0.2) is 15.5 Å². The Morgan fingerprint density at radius 2 is 1.35 bits per heavy atom. The predicted octanol–water partition coefficient (Wildman–Crippen LogP) is 7.64. The topological polar surface area (TPSA) is 46.6 Å². The van der Waals surface area contributed by atoms with Crippen LogP contribution in [0.3, 0.4) is 0 Å². The van der Waals surface area contributed by atoms with E-state index in [1.165, 1.54) is 0 Å². The summed E-state index contributed by atoms with van der Waals surface area (Å²) in [5.74, 6) is 0.757. The van der Waals surface area contributed by atoms with Gasteiger partial charge in [-0.1, -0.05) is 84.9 Å². The summed E-state index contributed by atoms with van der Waals surface area (Å²) in [5.41, 5.74) is 6.98. The summed E-state index contributed by atoms with van der Waals surface area (Å²) in [5, 5.41) is 13.4. The molecule has 178 valence electrons. The van der Waals surface area contributed by atoms with Crippen LogP contribution >= 0.6 is 0 Å². The van der Waals surface area contributed by atoms with Gasteiger partial charge in [0, 0.05) is 23.6 Å². The number of rotatable bonds is 5. The average Bonchev–Trinajstić information content (AvgIpc) is 3.71. The average molecular weight is 481 g/mol. The minimum atomic E-state index is -0.0433. The molecule has 0 amide bonds. The largest absolute Gasteiger partial charge is 0.454 e. The number of hydrogen-bond acceptors (Lipinski definition) is 4. The molecule has 5 nitrogen and oxygen atoms in total. The van der Waals surface area contributed by atoms with Crippen LogP contribution < -0.4 is 5.01 Å². The van der Waals surface area contributed by atoms with Crippen LogP contribution in [0.1, 0.15) is 23.6 Å². The molecule has 6 aromatic rings. The van der Waals surface area contributed by atoms with Gasteiger partial charge in [-0.3, -0.25) is 5.01 Å². The lowest BCUT2D eigenvalue weighted by atomic mass is 9.97. The third-order valence-corrected chi connectivity index (χ3v) is 6.82. The monoisotopic (exact) mass is 480 g/mol. The molecule has 0 aliphatic carbocycles. The third kappa shape index (κ3) is 3.91. The predicted molar refractivity (Wildman–Crippen MR) is 148 cm³/mol. The van der Waals surface area contributed by atoms with Gasteiger partial charge < -0.3 is 4.42 Å². The molecule has 0 N–H and O–H groups in total. The van der Waals surface area contributed by atoms with Gasteiger partial charge in [-0.15, -0.1) is 0 Å². The highest BCUT2D eigenvalue weighted by molar-refractivity contribution is 6.03. The van der Waals surface area contributed by atoms with Gasteiger partial charge in [0.1, 0.15) is 11.3 Å². The minimum Gasteiger partial charge on any atom is -0.454 e. The number of nitrogens with zero attached hydrogens (tertiary/aromatic N) is 4. The molecule has 1 atom stereocenters. The van der Waals surface area contributed by atoms with Gasteiger partial charge in [0.25, 0.3) is 0 Å². The fourth-order valence-electron chi connectivity index (χ4n) is 5.01. The van der Waals surface area contributed by atoms with E-state index in [2.05, 4.69) is 84.0 Å². The minimum absolute atomic E-state index is 0.0433. The Labute approximate surface area is 214 Å². The van der Waals surface area contributed by atoms with Gasteiger partial charge in [-0.2, -0.15) is 10.2 Å². The Bertz CT molecular complexity index is 1670. The highest BCUT2D eigenvalue weighted by Gasteiger charge is 2.34. The molecule has 2 aromatic heterocycles.